The van der Waals surface area contributed by atoms with Gasteiger partial charge in [0, 0.05) is 0 Å². The lowest BCUT2D eigenvalue weighted by Crippen LogP contribution is -2.50. The van der Waals surface area contributed by atoms with Crippen molar-refractivity contribution in [3.05, 3.63) is 71.8 Å². The number of carbonyl (C=O) groups excluding carboxylic acids is 3. The molecule has 0 amide bonds. The molecule has 0 radical (unpaired) electrons. The van der Waals surface area contributed by atoms with Crippen LogP contribution in [0.5, 0.6) is 0 Å². The van der Waals surface area contributed by atoms with E-state index in [4.69, 9.17) is 14.2 Å². The Kier molecular flexibility index (Phi) is 5.09. The zero-order valence-electron chi connectivity index (χ0n) is 13.3. The van der Waals surface area contributed by atoms with Gasteiger partial charge >= 0.3 is 17.9 Å². The van der Waals surface area contributed by atoms with Gasteiger partial charge in [-0.25, -0.2) is 9.59 Å². The van der Waals surface area contributed by atoms with Gasteiger partial charge in [0.05, 0.1) is 11.1 Å². The fraction of sp³-hybridized carbons (Fsp3) is 0.211. The Bertz CT molecular complexity index is 756. The van der Waals surface area contributed by atoms with Gasteiger partial charge < -0.3 is 14.2 Å². The molecule has 6 heteroatoms. The molecule has 0 aromatic heterocycles. The molecule has 0 saturated carbocycles. The summed E-state index contributed by atoms with van der Waals surface area (Å²) in [4.78, 5) is 35.3. The fourth-order valence-electron chi connectivity index (χ4n) is 2.36. The lowest BCUT2D eigenvalue weighted by atomic mass is 9.98. The van der Waals surface area contributed by atoms with Gasteiger partial charge in [0.1, 0.15) is 19.1 Å². The summed E-state index contributed by atoms with van der Waals surface area (Å²) in [6.45, 7) is -0.187. The largest absolute Gasteiger partial charge is 0.461 e. The molecule has 2 atom stereocenters. The summed E-state index contributed by atoms with van der Waals surface area (Å²) in [5, 5.41) is 0. The number of hydrogen-bond donors (Lipinski definition) is 0. The van der Waals surface area contributed by atoms with Crippen molar-refractivity contribution < 1.29 is 28.6 Å². The molecule has 0 unspecified atom stereocenters. The number of hydrogen-bond acceptors (Lipinski definition) is 6. The highest BCUT2D eigenvalue weighted by Crippen LogP contribution is 2.24. The molecule has 0 N–H and O–H groups in total. The summed E-state index contributed by atoms with van der Waals surface area (Å²) < 4.78 is 15.3. The number of esters is 3. The molecule has 0 bridgehead atoms. The molecule has 1 aliphatic heterocycles. The molecule has 1 fully saturated rings. The Hall–Kier alpha value is -3.15. The normalized spacial score (nSPS) is 18.6. The lowest BCUT2D eigenvalue weighted by molar-refractivity contribution is -0.193. The molecular formula is C19H16O6. The Morgan fingerprint density at radius 2 is 1.28 bits per heavy atom. The van der Waals surface area contributed by atoms with Crippen molar-refractivity contribution in [1.82, 2.24) is 0 Å². The number of ether oxygens (including phenoxy) is 3. The number of rotatable bonds is 6. The molecular weight excluding hydrogens is 324 g/mol. The first-order valence-corrected chi connectivity index (χ1v) is 7.80. The van der Waals surface area contributed by atoms with E-state index in [1.165, 1.54) is 0 Å². The Morgan fingerprint density at radius 1 is 0.800 bits per heavy atom. The topological polar surface area (TPSA) is 78.9 Å². The first-order chi connectivity index (χ1) is 12.1. The van der Waals surface area contributed by atoms with Crippen molar-refractivity contribution >= 4 is 17.9 Å². The van der Waals surface area contributed by atoms with Gasteiger partial charge in [-0.05, 0) is 24.3 Å². The van der Waals surface area contributed by atoms with Crippen LogP contribution in [0.1, 0.15) is 20.7 Å². The number of cyclic esters (lactones) is 1. The molecule has 0 spiro atoms. The van der Waals surface area contributed by atoms with Gasteiger partial charge in [0.15, 0.2) is 6.10 Å². The highest BCUT2D eigenvalue weighted by molar-refractivity contribution is 5.90. The first kappa shape index (κ1) is 16.7. The standard InChI is InChI=1S/C19H16O6/c20-17(13-7-3-1-4-8-13)23-11-15-16(25-19(15)22)12-24-18(21)14-9-5-2-6-10-14/h1-10,15-16H,11-12H2/t15-,16-/m1/s1. The second-order valence-corrected chi connectivity index (χ2v) is 5.51. The second kappa shape index (κ2) is 7.61. The van der Waals surface area contributed by atoms with Crippen LogP contribution in [-0.2, 0) is 19.0 Å². The van der Waals surface area contributed by atoms with E-state index in [2.05, 4.69) is 0 Å². The van der Waals surface area contributed by atoms with Crippen molar-refractivity contribution in [2.45, 2.75) is 6.10 Å². The Balaban J connectivity index is 1.48. The monoisotopic (exact) mass is 340 g/mol. The zero-order chi connectivity index (χ0) is 17.6. The maximum Gasteiger partial charge on any atom is 0.338 e. The highest BCUT2D eigenvalue weighted by Gasteiger charge is 2.44. The van der Waals surface area contributed by atoms with Crippen LogP contribution < -0.4 is 0 Å². The zero-order valence-corrected chi connectivity index (χ0v) is 13.3. The van der Waals surface area contributed by atoms with E-state index < -0.39 is 29.9 Å². The van der Waals surface area contributed by atoms with Crippen molar-refractivity contribution in [2.75, 3.05) is 13.2 Å². The second-order valence-electron chi connectivity index (χ2n) is 5.51. The number of carbonyl (C=O) groups is 3. The van der Waals surface area contributed by atoms with Crippen LogP contribution in [0.3, 0.4) is 0 Å². The van der Waals surface area contributed by atoms with Gasteiger partial charge in [-0.3, -0.25) is 4.79 Å². The molecule has 6 nitrogen and oxygen atoms in total. The smallest absolute Gasteiger partial charge is 0.338 e. The quantitative estimate of drug-likeness (QED) is 0.593. The van der Waals surface area contributed by atoms with Gasteiger partial charge in [-0.1, -0.05) is 36.4 Å². The molecule has 1 heterocycles. The average Bonchev–Trinajstić information content (AvgIpc) is 2.66. The summed E-state index contributed by atoms with van der Waals surface area (Å²) >= 11 is 0. The molecule has 1 saturated heterocycles. The van der Waals surface area contributed by atoms with E-state index >= 15 is 0 Å². The highest BCUT2D eigenvalue weighted by atomic mass is 16.6. The maximum absolute atomic E-state index is 11.9. The van der Waals surface area contributed by atoms with Crippen molar-refractivity contribution in [3.63, 3.8) is 0 Å². The average molecular weight is 340 g/mol. The molecule has 3 rings (SSSR count). The molecule has 2 aromatic rings. The number of benzene rings is 2. The summed E-state index contributed by atoms with van der Waals surface area (Å²) in [5.74, 6) is -2.11. The first-order valence-electron chi connectivity index (χ1n) is 7.80. The maximum atomic E-state index is 11.9. The minimum absolute atomic E-state index is 0.0764. The van der Waals surface area contributed by atoms with Gasteiger partial charge in [0.2, 0.25) is 0 Å². The Labute approximate surface area is 144 Å². The van der Waals surface area contributed by atoms with E-state index in [9.17, 15) is 14.4 Å². The van der Waals surface area contributed by atoms with E-state index in [-0.39, 0.29) is 13.2 Å². The predicted molar refractivity (Wildman–Crippen MR) is 86.8 cm³/mol. The van der Waals surface area contributed by atoms with Crippen LogP contribution in [0.4, 0.5) is 0 Å². The van der Waals surface area contributed by atoms with E-state index in [1.54, 1.807) is 60.7 Å². The predicted octanol–water partition coefficient (Wildman–Crippen LogP) is 2.24. The molecule has 128 valence electrons. The van der Waals surface area contributed by atoms with Crippen LogP contribution in [0.2, 0.25) is 0 Å². The third kappa shape index (κ3) is 4.03. The van der Waals surface area contributed by atoms with Crippen LogP contribution in [0.25, 0.3) is 0 Å². The van der Waals surface area contributed by atoms with Crippen LogP contribution in [0, 0.1) is 5.92 Å². The summed E-state index contributed by atoms with van der Waals surface area (Å²) in [5.41, 5.74) is 0.822. The molecule has 25 heavy (non-hydrogen) atoms. The Morgan fingerprint density at radius 3 is 1.76 bits per heavy atom. The summed E-state index contributed by atoms with van der Waals surface area (Å²) in [6, 6.07) is 17.0. The van der Waals surface area contributed by atoms with Gasteiger partial charge in [-0.15, -0.1) is 0 Å². The SMILES string of the molecule is O=C(OC[C@H]1OC(=O)[C@@H]1COC(=O)c1ccccc1)c1ccccc1. The van der Waals surface area contributed by atoms with Crippen LogP contribution in [0.15, 0.2) is 60.7 Å². The van der Waals surface area contributed by atoms with Crippen molar-refractivity contribution in [1.29, 1.82) is 0 Å². The molecule has 2 aromatic carbocycles. The van der Waals surface area contributed by atoms with Crippen LogP contribution in [-0.4, -0.2) is 37.2 Å². The summed E-state index contributed by atoms with van der Waals surface area (Å²) in [6.07, 6.45) is -0.608. The molecule has 0 aliphatic carbocycles. The van der Waals surface area contributed by atoms with Gasteiger partial charge in [0.25, 0.3) is 0 Å². The van der Waals surface area contributed by atoms with E-state index in [0.717, 1.165) is 0 Å². The fourth-order valence-corrected chi connectivity index (χ4v) is 2.36. The van der Waals surface area contributed by atoms with Gasteiger partial charge in [-0.2, -0.15) is 0 Å². The minimum Gasteiger partial charge on any atom is -0.461 e. The van der Waals surface area contributed by atoms with E-state index in [1.807, 2.05) is 0 Å². The third-order valence-corrected chi connectivity index (χ3v) is 3.81. The van der Waals surface area contributed by atoms with Crippen molar-refractivity contribution in [2.24, 2.45) is 5.92 Å². The lowest BCUT2D eigenvalue weighted by Gasteiger charge is -2.33. The molecule has 1 aliphatic rings. The van der Waals surface area contributed by atoms with Crippen LogP contribution >= 0.6 is 0 Å². The third-order valence-electron chi connectivity index (χ3n) is 3.81. The van der Waals surface area contributed by atoms with E-state index in [0.29, 0.717) is 11.1 Å². The van der Waals surface area contributed by atoms with Crippen molar-refractivity contribution in [3.8, 4) is 0 Å². The minimum atomic E-state index is -0.628. The summed E-state index contributed by atoms with van der Waals surface area (Å²) in [7, 11) is 0.